The summed E-state index contributed by atoms with van der Waals surface area (Å²) < 4.78 is 50.5. The Hall–Kier alpha value is -2.96. The first-order chi connectivity index (χ1) is 13.2. The van der Waals surface area contributed by atoms with E-state index >= 15 is 0 Å². The maximum Gasteiger partial charge on any atom is 0.430 e. The zero-order chi connectivity index (χ0) is 20.5. The Balaban J connectivity index is 1.93. The molecule has 3 rings (SSSR count). The minimum atomic E-state index is -4.84. The first kappa shape index (κ1) is 19.8. The topological polar surface area (TPSA) is 55.8 Å². The minimum absolute atomic E-state index is 0.0524. The lowest BCUT2D eigenvalue weighted by Gasteiger charge is -2.28. The molecule has 0 saturated heterocycles. The van der Waals surface area contributed by atoms with Crippen molar-refractivity contribution in [3.63, 3.8) is 0 Å². The van der Waals surface area contributed by atoms with Crippen LogP contribution in [0, 0.1) is 6.92 Å². The number of ether oxygens (including phenoxy) is 2. The second-order valence-corrected chi connectivity index (χ2v) is 6.57. The van der Waals surface area contributed by atoms with E-state index in [2.05, 4.69) is 0 Å². The highest BCUT2D eigenvalue weighted by Crippen LogP contribution is 2.40. The van der Waals surface area contributed by atoms with Crippen molar-refractivity contribution in [3.8, 4) is 11.5 Å². The second kappa shape index (κ2) is 7.58. The standard InChI is InChI=1S/C21H19F3O4/c1-3-14-8-15-9-16(20(25)26)19(21(22,23)24)28-18(15)10-17(14)27-11-13-6-4-12(2)5-7-13/h4-10,19H,3,11H2,1-2H3,(H,25,26). The molecule has 1 N–H and O–H groups in total. The molecule has 1 unspecified atom stereocenters. The molecule has 28 heavy (non-hydrogen) atoms. The molecule has 1 aliphatic heterocycles. The highest BCUT2D eigenvalue weighted by atomic mass is 19.4. The van der Waals surface area contributed by atoms with Gasteiger partial charge >= 0.3 is 12.1 Å². The summed E-state index contributed by atoms with van der Waals surface area (Å²) >= 11 is 0. The van der Waals surface area contributed by atoms with E-state index in [4.69, 9.17) is 14.6 Å². The monoisotopic (exact) mass is 392 g/mol. The van der Waals surface area contributed by atoms with Crippen LogP contribution in [0.3, 0.4) is 0 Å². The molecule has 0 saturated carbocycles. The molecule has 1 aliphatic rings. The fourth-order valence-corrected chi connectivity index (χ4v) is 2.95. The Morgan fingerprint density at radius 2 is 1.89 bits per heavy atom. The third-order valence-corrected chi connectivity index (χ3v) is 4.47. The Bertz CT molecular complexity index is 914. The number of aryl methyl sites for hydroxylation is 2. The maximum atomic E-state index is 13.2. The fourth-order valence-electron chi connectivity index (χ4n) is 2.95. The van der Waals surface area contributed by atoms with Gasteiger partial charge in [-0.05, 0) is 36.6 Å². The molecule has 1 heterocycles. The molecular weight excluding hydrogens is 373 g/mol. The van der Waals surface area contributed by atoms with Gasteiger partial charge in [-0.1, -0.05) is 36.8 Å². The summed E-state index contributed by atoms with van der Waals surface area (Å²) in [5, 5.41) is 9.14. The van der Waals surface area contributed by atoms with Crippen LogP contribution in [0.2, 0.25) is 0 Å². The van der Waals surface area contributed by atoms with E-state index in [1.807, 2.05) is 38.1 Å². The van der Waals surface area contributed by atoms with E-state index in [1.54, 1.807) is 6.07 Å². The average molecular weight is 392 g/mol. The van der Waals surface area contributed by atoms with Crippen LogP contribution in [-0.2, 0) is 17.8 Å². The normalized spacial score (nSPS) is 16.0. The predicted octanol–water partition coefficient (Wildman–Crippen LogP) is 4.93. The van der Waals surface area contributed by atoms with Crippen LogP contribution in [0.1, 0.15) is 29.2 Å². The van der Waals surface area contributed by atoms with Gasteiger partial charge in [-0.2, -0.15) is 13.2 Å². The number of alkyl halides is 3. The zero-order valence-electron chi connectivity index (χ0n) is 15.3. The van der Waals surface area contributed by atoms with Crippen LogP contribution >= 0.6 is 0 Å². The molecular formula is C21H19F3O4. The molecule has 148 valence electrons. The number of fused-ring (bicyclic) bond motifs is 1. The minimum Gasteiger partial charge on any atom is -0.488 e. The zero-order valence-corrected chi connectivity index (χ0v) is 15.3. The molecule has 0 bridgehead atoms. The molecule has 0 fully saturated rings. The van der Waals surface area contributed by atoms with Crippen LogP contribution in [0.4, 0.5) is 13.2 Å². The van der Waals surface area contributed by atoms with E-state index in [0.29, 0.717) is 12.2 Å². The number of rotatable bonds is 5. The van der Waals surface area contributed by atoms with Crippen LogP contribution in [0.15, 0.2) is 42.0 Å². The van der Waals surface area contributed by atoms with E-state index in [9.17, 15) is 18.0 Å². The van der Waals surface area contributed by atoms with Gasteiger partial charge in [0.1, 0.15) is 18.1 Å². The van der Waals surface area contributed by atoms with Crippen molar-refractivity contribution >= 4 is 12.0 Å². The average Bonchev–Trinajstić information content (AvgIpc) is 2.64. The van der Waals surface area contributed by atoms with E-state index in [-0.39, 0.29) is 17.9 Å². The molecule has 0 spiro atoms. The van der Waals surface area contributed by atoms with Crippen molar-refractivity contribution in [1.29, 1.82) is 0 Å². The summed E-state index contributed by atoms with van der Waals surface area (Å²) in [7, 11) is 0. The number of carbonyl (C=O) groups is 1. The highest BCUT2D eigenvalue weighted by molar-refractivity contribution is 5.95. The molecule has 0 aromatic heterocycles. The van der Waals surface area contributed by atoms with Crippen molar-refractivity contribution in [1.82, 2.24) is 0 Å². The van der Waals surface area contributed by atoms with Crippen LogP contribution in [0.5, 0.6) is 11.5 Å². The SMILES string of the molecule is CCc1cc2c(cc1OCc1ccc(C)cc1)OC(C(F)(F)F)C(C(=O)O)=C2. The van der Waals surface area contributed by atoms with Gasteiger partial charge in [-0.25, -0.2) is 4.79 Å². The maximum absolute atomic E-state index is 13.2. The lowest BCUT2D eigenvalue weighted by Crippen LogP contribution is -2.40. The van der Waals surface area contributed by atoms with Gasteiger partial charge in [0.2, 0.25) is 6.10 Å². The molecule has 1 atom stereocenters. The number of hydrogen-bond acceptors (Lipinski definition) is 3. The number of halogens is 3. The summed E-state index contributed by atoms with van der Waals surface area (Å²) in [6.45, 7) is 4.10. The van der Waals surface area contributed by atoms with Gasteiger partial charge in [0.05, 0.1) is 5.57 Å². The van der Waals surface area contributed by atoms with Crippen molar-refractivity contribution in [2.75, 3.05) is 0 Å². The van der Waals surface area contributed by atoms with Gasteiger partial charge in [0.25, 0.3) is 0 Å². The van der Waals surface area contributed by atoms with Gasteiger partial charge in [-0.3, -0.25) is 0 Å². The molecule has 2 aromatic carbocycles. The van der Waals surface area contributed by atoms with Crippen molar-refractivity contribution in [2.45, 2.75) is 39.2 Å². The first-order valence-corrected chi connectivity index (χ1v) is 8.72. The molecule has 4 nitrogen and oxygen atoms in total. The molecule has 0 radical (unpaired) electrons. The predicted molar refractivity (Wildman–Crippen MR) is 97.4 cm³/mol. The summed E-state index contributed by atoms with van der Waals surface area (Å²) in [6, 6.07) is 10.7. The number of carboxylic acids is 1. The lowest BCUT2D eigenvalue weighted by atomic mass is 9.98. The third kappa shape index (κ3) is 4.13. The lowest BCUT2D eigenvalue weighted by molar-refractivity contribution is -0.187. The van der Waals surface area contributed by atoms with Gasteiger partial charge < -0.3 is 14.6 Å². The van der Waals surface area contributed by atoms with Gasteiger partial charge in [-0.15, -0.1) is 0 Å². The van der Waals surface area contributed by atoms with Crippen molar-refractivity contribution in [2.24, 2.45) is 0 Å². The number of aliphatic carboxylic acids is 1. The summed E-state index contributed by atoms with van der Waals surface area (Å²) in [5.41, 5.74) is 2.24. The summed E-state index contributed by atoms with van der Waals surface area (Å²) in [5.74, 6) is -1.30. The molecule has 0 amide bonds. The number of hydrogen-bond donors (Lipinski definition) is 1. The van der Waals surface area contributed by atoms with E-state index < -0.39 is 23.8 Å². The van der Waals surface area contributed by atoms with Crippen LogP contribution < -0.4 is 9.47 Å². The Morgan fingerprint density at radius 3 is 2.46 bits per heavy atom. The van der Waals surface area contributed by atoms with Crippen molar-refractivity contribution in [3.05, 3.63) is 64.2 Å². The van der Waals surface area contributed by atoms with Crippen LogP contribution in [0.25, 0.3) is 6.08 Å². The second-order valence-electron chi connectivity index (χ2n) is 6.57. The molecule has 2 aromatic rings. The Morgan fingerprint density at radius 1 is 1.21 bits per heavy atom. The number of benzene rings is 2. The summed E-state index contributed by atoms with van der Waals surface area (Å²) in [6.07, 6.45) is -5.78. The fraction of sp³-hybridized carbons (Fsp3) is 0.286. The van der Waals surface area contributed by atoms with Crippen LogP contribution in [-0.4, -0.2) is 23.4 Å². The first-order valence-electron chi connectivity index (χ1n) is 8.72. The van der Waals surface area contributed by atoms with Crippen molar-refractivity contribution < 1.29 is 32.5 Å². The number of carboxylic acid groups (broad SMARTS) is 1. The van der Waals surface area contributed by atoms with Gasteiger partial charge in [0, 0.05) is 11.6 Å². The molecule has 7 heteroatoms. The largest absolute Gasteiger partial charge is 0.488 e. The molecule has 0 aliphatic carbocycles. The smallest absolute Gasteiger partial charge is 0.430 e. The van der Waals surface area contributed by atoms with Gasteiger partial charge in [0.15, 0.2) is 0 Å². The Labute approximate surface area is 160 Å². The van der Waals surface area contributed by atoms with E-state index in [0.717, 1.165) is 22.8 Å². The highest BCUT2D eigenvalue weighted by Gasteiger charge is 2.48. The summed E-state index contributed by atoms with van der Waals surface area (Å²) in [4.78, 5) is 11.3. The Kier molecular flexibility index (Phi) is 5.36. The quantitative estimate of drug-likeness (QED) is 0.784. The third-order valence-electron chi connectivity index (χ3n) is 4.47. The van der Waals surface area contributed by atoms with E-state index in [1.165, 1.54) is 6.07 Å².